The molecule has 3 heteroatoms. The first kappa shape index (κ1) is 12.4. The van der Waals surface area contributed by atoms with Crippen LogP contribution in [-0.4, -0.2) is 12.1 Å². The van der Waals surface area contributed by atoms with Gasteiger partial charge >= 0.3 is 0 Å². The molecule has 0 heterocycles. The summed E-state index contributed by atoms with van der Waals surface area (Å²) in [6, 6.07) is 10.1. The Morgan fingerprint density at radius 3 is 2.38 bits per heavy atom. The van der Waals surface area contributed by atoms with Crippen LogP contribution in [0.3, 0.4) is 0 Å². The minimum absolute atomic E-state index is 0.168. The molecule has 0 aliphatic heterocycles. The van der Waals surface area contributed by atoms with Crippen molar-refractivity contribution in [2.45, 2.75) is 39.3 Å². The van der Waals surface area contributed by atoms with Gasteiger partial charge in [0.05, 0.1) is 18.6 Å². The van der Waals surface area contributed by atoms with E-state index in [1.807, 2.05) is 45.0 Å². The van der Waals surface area contributed by atoms with E-state index >= 15 is 0 Å². The van der Waals surface area contributed by atoms with E-state index in [1.54, 1.807) is 0 Å². The SMILES string of the molecule is CC(CC#N)Nc1ccc(OC(C)C)cc1. The van der Waals surface area contributed by atoms with E-state index in [2.05, 4.69) is 11.4 Å². The van der Waals surface area contributed by atoms with Crippen LogP contribution in [0.25, 0.3) is 0 Å². The molecule has 0 saturated heterocycles. The van der Waals surface area contributed by atoms with Gasteiger partial charge in [-0.15, -0.1) is 0 Å². The van der Waals surface area contributed by atoms with Crippen molar-refractivity contribution >= 4 is 5.69 Å². The van der Waals surface area contributed by atoms with Crippen LogP contribution in [0, 0.1) is 11.3 Å². The molecule has 0 fully saturated rings. The van der Waals surface area contributed by atoms with Crippen LogP contribution >= 0.6 is 0 Å². The molecule has 0 spiro atoms. The van der Waals surface area contributed by atoms with Gasteiger partial charge in [0, 0.05) is 11.7 Å². The van der Waals surface area contributed by atoms with E-state index in [9.17, 15) is 0 Å². The van der Waals surface area contributed by atoms with Crippen LogP contribution in [0.1, 0.15) is 27.2 Å². The van der Waals surface area contributed by atoms with Crippen LogP contribution in [0.5, 0.6) is 5.75 Å². The summed E-state index contributed by atoms with van der Waals surface area (Å²) in [5.41, 5.74) is 1.01. The second-order valence-electron chi connectivity index (χ2n) is 4.10. The van der Waals surface area contributed by atoms with Gasteiger partial charge in [0.1, 0.15) is 5.75 Å². The first-order valence-corrected chi connectivity index (χ1v) is 5.52. The molecule has 16 heavy (non-hydrogen) atoms. The summed E-state index contributed by atoms with van der Waals surface area (Å²) in [7, 11) is 0. The molecule has 1 rings (SSSR count). The van der Waals surface area contributed by atoms with Crippen molar-refractivity contribution in [2.24, 2.45) is 0 Å². The standard InChI is InChI=1S/C13H18N2O/c1-10(2)16-13-6-4-12(5-7-13)15-11(3)8-9-14/h4-7,10-11,15H,8H2,1-3H3. The normalized spacial score (nSPS) is 11.9. The molecule has 1 atom stereocenters. The molecule has 0 amide bonds. The Morgan fingerprint density at radius 2 is 1.88 bits per heavy atom. The lowest BCUT2D eigenvalue weighted by Gasteiger charge is -2.13. The third kappa shape index (κ3) is 4.22. The monoisotopic (exact) mass is 218 g/mol. The zero-order valence-electron chi connectivity index (χ0n) is 10.0. The molecule has 0 aromatic heterocycles. The van der Waals surface area contributed by atoms with Crippen molar-refractivity contribution in [3.05, 3.63) is 24.3 Å². The molecular formula is C13H18N2O. The van der Waals surface area contributed by atoms with Crippen LogP contribution in [0.15, 0.2) is 24.3 Å². The number of hydrogen-bond donors (Lipinski definition) is 1. The summed E-state index contributed by atoms with van der Waals surface area (Å²) in [5, 5.41) is 11.8. The number of rotatable bonds is 5. The molecule has 1 N–H and O–H groups in total. The Kier molecular flexibility index (Phi) is 4.65. The summed E-state index contributed by atoms with van der Waals surface area (Å²) in [6.07, 6.45) is 0.695. The van der Waals surface area contributed by atoms with Crippen molar-refractivity contribution < 1.29 is 4.74 Å². The Morgan fingerprint density at radius 1 is 1.25 bits per heavy atom. The first-order chi connectivity index (χ1) is 7.61. The molecule has 1 aromatic carbocycles. The van der Waals surface area contributed by atoms with Gasteiger partial charge in [-0.25, -0.2) is 0 Å². The van der Waals surface area contributed by atoms with Crippen molar-refractivity contribution in [1.29, 1.82) is 5.26 Å². The van der Waals surface area contributed by atoms with Gasteiger partial charge in [-0.1, -0.05) is 0 Å². The maximum absolute atomic E-state index is 8.55. The smallest absolute Gasteiger partial charge is 0.119 e. The van der Waals surface area contributed by atoms with E-state index in [1.165, 1.54) is 0 Å². The lowest BCUT2D eigenvalue weighted by atomic mass is 10.2. The highest BCUT2D eigenvalue weighted by Gasteiger charge is 2.01. The minimum atomic E-state index is 0.168. The molecule has 0 aliphatic rings. The van der Waals surface area contributed by atoms with Crippen LogP contribution < -0.4 is 10.1 Å². The van der Waals surface area contributed by atoms with Crippen LogP contribution in [0.2, 0.25) is 0 Å². The number of hydrogen-bond acceptors (Lipinski definition) is 3. The molecule has 3 nitrogen and oxygen atoms in total. The fraction of sp³-hybridized carbons (Fsp3) is 0.462. The van der Waals surface area contributed by atoms with Gasteiger partial charge in [0.25, 0.3) is 0 Å². The number of anilines is 1. The highest BCUT2D eigenvalue weighted by atomic mass is 16.5. The number of benzene rings is 1. The Bertz CT molecular complexity index is 351. The van der Waals surface area contributed by atoms with Crippen molar-refractivity contribution in [2.75, 3.05) is 5.32 Å². The molecule has 86 valence electrons. The Hall–Kier alpha value is -1.69. The van der Waals surface area contributed by atoms with Gasteiger partial charge < -0.3 is 10.1 Å². The molecular weight excluding hydrogens is 200 g/mol. The predicted molar refractivity (Wildman–Crippen MR) is 65.5 cm³/mol. The molecule has 1 unspecified atom stereocenters. The maximum atomic E-state index is 8.55. The maximum Gasteiger partial charge on any atom is 0.119 e. The second kappa shape index (κ2) is 6.02. The van der Waals surface area contributed by atoms with Crippen molar-refractivity contribution in [3.63, 3.8) is 0 Å². The Balaban J connectivity index is 2.55. The van der Waals surface area contributed by atoms with Crippen LogP contribution in [-0.2, 0) is 0 Å². The molecule has 1 aromatic rings. The predicted octanol–water partition coefficient (Wildman–Crippen LogP) is 3.19. The number of nitrogens with one attached hydrogen (secondary N) is 1. The number of nitriles is 1. The van der Waals surface area contributed by atoms with Crippen molar-refractivity contribution in [3.8, 4) is 11.8 Å². The summed E-state index contributed by atoms with van der Waals surface area (Å²) in [4.78, 5) is 0. The highest BCUT2D eigenvalue weighted by molar-refractivity contribution is 5.47. The highest BCUT2D eigenvalue weighted by Crippen LogP contribution is 2.17. The molecule has 0 radical (unpaired) electrons. The third-order valence-electron chi connectivity index (χ3n) is 2.04. The van der Waals surface area contributed by atoms with Gasteiger partial charge in [-0.3, -0.25) is 0 Å². The number of nitrogens with zero attached hydrogens (tertiary/aromatic N) is 1. The largest absolute Gasteiger partial charge is 0.491 e. The van der Waals surface area contributed by atoms with Crippen LogP contribution in [0.4, 0.5) is 5.69 Å². The van der Waals surface area contributed by atoms with E-state index in [-0.39, 0.29) is 12.1 Å². The van der Waals surface area contributed by atoms with Gasteiger partial charge in [0.15, 0.2) is 0 Å². The average Bonchev–Trinajstić information content (AvgIpc) is 2.20. The molecule has 0 bridgehead atoms. The van der Waals surface area contributed by atoms with Crippen molar-refractivity contribution in [1.82, 2.24) is 0 Å². The van der Waals surface area contributed by atoms with E-state index in [0.717, 1.165) is 11.4 Å². The fourth-order valence-corrected chi connectivity index (χ4v) is 1.37. The fourth-order valence-electron chi connectivity index (χ4n) is 1.37. The lowest BCUT2D eigenvalue weighted by molar-refractivity contribution is 0.242. The summed E-state index contributed by atoms with van der Waals surface area (Å²) in [5.74, 6) is 0.869. The summed E-state index contributed by atoms with van der Waals surface area (Å²) in [6.45, 7) is 5.99. The zero-order chi connectivity index (χ0) is 12.0. The first-order valence-electron chi connectivity index (χ1n) is 5.52. The summed E-state index contributed by atoms with van der Waals surface area (Å²) < 4.78 is 5.54. The van der Waals surface area contributed by atoms with Gasteiger partial charge in [-0.05, 0) is 45.0 Å². The zero-order valence-corrected chi connectivity index (χ0v) is 10.0. The van der Waals surface area contributed by atoms with Gasteiger partial charge in [-0.2, -0.15) is 5.26 Å². The van der Waals surface area contributed by atoms with E-state index in [0.29, 0.717) is 6.42 Å². The molecule has 0 saturated carbocycles. The number of ether oxygens (including phenoxy) is 1. The van der Waals surface area contributed by atoms with E-state index < -0.39 is 0 Å². The third-order valence-corrected chi connectivity index (χ3v) is 2.04. The quantitative estimate of drug-likeness (QED) is 0.825. The lowest BCUT2D eigenvalue weighted by Crippen LogP contribution is -2.13. The average molecular weight is 218 g/mol. The van der Waals surface area contributed by atoms with E-state index in [4.69, 9.17) is 10.00 Å². The summed E-state index contributed by atoms with van der Waals surface area (Å²) >= 11 is 0. The Labute approximate surface area is 97.0 Å². The second-order valence-corrected chi connectivity index (χ2v) is 4.10. The molecule has 0 aliphatic carbocycles. The topological polar surface area (TPSA) is 45.0 Å². The van der Waals surface area contributed by atoms with Gasteiger partial charge in [0.2, 0.25) is 0 Å². The minimum Gasteiger partial charge on any atom is -0.491 e.